The Hall–Kier alpha value is -3.66. The maximum Gasteiger partial charge on any atom is 0.220 e. The van der Waals surface area contributed by atoms with Gasteiger partial charge in [-0.3, -0.25) is 9.69 Å². The first-order valence-corrected chi connectivity index (χ1v) is 17.7. The molecule has 0 aliphatic carbocycles. The maximum atomic E-state index is 11.5. The van der Waals surface area contributed by atoms with Crippen molar-refractivity contribution in [2.45, 2.75) is 51.7 Å². The fourth-order valence-electron chi connectivity index (χ4n) is 6.75. The van der Waals surface area contributed by atoms with Gasteiger partial charge in [0.2, 0.25) is 11.8 Å². The molecular formula is C39H44Cl2N4O4. The average Bonchev–Trinajstić information content (AvgIpc) is 3.54. The predicted octanol–water partition coefficient (Wildman–Crippen LogP) is 7.15. The number of rotatable bonds is 13. The van der Waals surface area contributed by atoms with E-state index in [9.17, 15) is 9.90 Å². The second-order valence-electron chi connectivity index (χ2n) is 13.1. The second-order valence-corrected chi connectivity index (χ2v) is 13.8. The summed E-state index contributed by atoms with van der Waals surface area (Å²) in [6.07, 6.45) is 3.31. The van der Waals surface area contributed by atoms with Crippen molar-refractivity contribution in [2.24, 2.45) is 5.92 Å². The largest absolute Gasteiger partial charge is 0.496 e. The molecule has 49 heavy (non-hydrogen) atoms. The van der Waals surface area contributed by atoms with Crippen molar-refractivity contribution < 1.29 is 19.4 Å². The summed E-state index contributed by atoms with van der Waals surface area (Å²) in [5.41, 5.74) is 8.44. The number of fused-ring (bicyclic) bond motifs is 1. The van der Waals surface area contributed by atoms with Crippen molar-refractivity contribution in [3.05, 3.63) is 87.4 Å². The highest BCUT2D eigenvalue weighted by atomic mass is 35.5. The minimum absolute atomic E-state index is 0.106. The summed E-state index contributed by atoms with van der Waals surface area (Å²) < 4.78 is 11.6. The number of amides is 1. The zero-order valence-corrected chi connectivity index (χ0v) is 29.8. The van der Waals surface area contributed by atoms with E-state index in [0.29, 0.717) is 47.0 Å². The molecule has 0 radical (unpaired) electrons. The van der Waals surface area contributed by atoms with E-state index in [-0.39, 0.29) is 18.6 Å². The number of halogens is 2. The normalized spacial score (nSPS) is 16.7. The molecule has 0 bridgehead atoms. The number of hydrogen-bond donors (Lipinski definition) is 3. The van der Waals surface area contributed by atoms with E-state index in [1.165, 1.54) is 11.1 Å². The van der Waals surface area contributed by atoms with Gasteiger partial charge in [-0.05, 0) is 55.0 Å². The van der Waals surface area contributed by atoms with Gasteiger partial charge in [-0.15, -0.1) is 0 Å². The van der Waals surface area contributed by atoms with Crippen molar-refractivity contribution >= 4 is 29.1 Å². The number of carbonyl (C=O) groups excluding carboxylic acids is 1. The number of hydrogen-bond acceptors (Lipinski definition) is 7. The third kappa shape index (κ3) is 7.89. The van der Waals surface area contributed by atoms with Crippen molar-refractivity contribution in [1.29, 1.82) is 0 Å². The van der Waals surface area contributed by atoms with E-state index in [1.54, 1.807) is 14.2 Å². The molecule has 2 atom stereocenters. The molecule has 6 rings (SSSR count). The molecule has 0 spiro atoms. The number of ether oxygens (including phenoxy) is 2. The number of aliphatic hydroxyl groups excluding tert-OH is 1. The number of aromatic nitrogens is 1. The van der Waals surface area contributed by atoms with Gasteiger partial charge in [0.15, 0.2) is 0 Å². The molecule has 258 valence electrons. The van der Waals surface area contributed by atoms with E-state index in [4.69, 9.17) is 37.7 Å². The van der Waals surface area contributed by atoms with E-state index in [0.717, 1.165) is 78.0 Å². The molecule has 10 heteroatoms. The zero-order valence-electron chi connectivity index (χ0n) is 28.3. The maximum absolute atomic E-state index is 11.5. The monoisotopic (exact) mass is 702 g/mol. The predicted molar refractivity (Wildman–Crippen MR) is 196 cm³/mol. The Morgan fingerprint density at radius 3 is 2.43 bits per heavy atom. The number of pyridine rings is 1. The van der Waals surface area contributed by atoms with Crippen LogP contribution in [0.25, 0.3) is 33.5 Å². The third-order valence-electron chi connectivity index (χ3n) is 9.65. The van der Waals surface area contributed by atoms with Gasteiger partial charge in [0, 0.05) is 78.6 Å². The van der Waals surface area contributed by atoms with Crippen LogP contribution in [0.2, 0.25) is 10.0 Å². The third-order valence-corrected chi connectivity index (χ3v) is 10.5. The number of benzene rings is 3. The first-order valence-electron chi connectivity index (χ1n) is 16.9. The summed E-state index contributed by atoms with van der Waals surface area (Å²) in [6, 6.07) is 20.4. The highest BCUT2D eigenvalue weighted by Gasteiger charge is 2.24. The number of methoxy groups -OCH3 is 2. The van der Waals surface area contributed by atoms with Gasteiger partial charge in [0.1, 0.15) is 5.75 Å². The summed E-state index contributed by atoms with van der Waals surface area (Å²) in [4.78, 5) is 18.8. The van der Waals surface area contributed by atoms with Crippen molar-refractivity contribution in [3.63, 3.8) is 0 Å². The Morgan fingerprint density at radius 2 is 1.73 bits per heavy atom. The van der Waals surface area contributed by atoms with E-state index in [1.807, 2.05) is 48.5 Å². The van der Waals surface area contributed by atoms with Crippen LogP contribution in [0.4, 0.5) is 0 Å². The van der Waals surface area contributed by atoms with E-state index >= 15 is 0 Å². The summed E-state index contributed by atoms with van der Waals surface area (Å²) in [5.74, 6) is 1.78. The lowest BCUT2D eigenvalue weighted by Crippen LogP contribution is -2.35. The van der Waals surface area contributed by atoms with Crippen LogP contribution >= 0.6 is 23.2 Å². The number of carbonyl (C=O) groups is 1. The molecular weight excluding hydrogens is 659 g/mol. The summed E-state index contributed by atoms with van der Waals surface area (Å²) in [5, 5.41) is 17.0. The molecule has 2 aliphatic rings. The molecule has 0 saturated carbocycles. The Bertz CT molecular complexity index is 1800. The van der Waals surface area contributed by atoms with Gasteiger partial charge in [0.25, 0.3) is 0 Å². The first kappa shape index (κ1) is 35.2. The quantitative estimate of drug-likeness (QED) is 0.136. The molecule has 3 heterocycles. The van der Waals surface area contributed by atoms with Crippen LogP contribution in [0.1, 0.15) is 42.9 Å². The summed E-state index contributed by atoms with van der Waals surface area (Å²) >= 11 is 14.4. The van der Waals surface area contributed by atoms with Gasteiger partial charge < -0.3 is 25.2 Å². The van der Waals surface area contributed by atoms with Crippen LogP contribution in [0.5, 0.6) is 11.6 Å². The smallest absolute Gasteiger partial charge is 0.220 e. The Morgan fingerprint density at radius 1 is 1.00 bits per heavy atom. The lowest BCUT2D eigenvalue weighted by atomic mass is 9.91. The van der Waals surface area contributed by atoms with Gasteiger partial charge >= 0.3 is 0 Å². The topological polar surface area (TPSA) is 96.0 Å². The standard InChI is InChI=1S/C39H44Cl2N4O4/c1-24(23-46)14-16-45-17-15-25-18-27(19-35(48-2)33(25)22-45)29-6-4-7-30(37(29)40)31-8-5-9-32(38(31)41)34-12-10-26(39(44-34)49-3)20-42-21-28-11-13-36(47)43-28/h4-10,12,18-19,24,28,42,46H,11,13-17,20-23H2,1-3H3,(H,43,47)/t24?,28-/m0/s1. The average molecular weight is 704 g/mol. The van der Waals surface area contributed by atoms with Crippen molar-refractivity contribution in [2.75, 3.05) is 40.5 Å². The molecule has 1 fully saturated rings. The van der Waals surface area contributed by atoms with Crippen molar-refractivity contribution in [3.8, 4) is 45.1 Å². The van der Waals surface area contributed by atoms with Gasteiger partial charge in [-0.1, -0.05) is 78.7 Å². The molecule has 4 aromatic rings. The van der Waals surface area contributed by atoms with Gasteiger partial charge in [-0.25, -0.2) is 4.98 Å². The number of nitrogens with one attached hydrogen (secondary N) is 2. The van der Waals surface area contributed by atoms with Crippen LogP contribution in [0.15, 0.2) is 60.7 Å². The second kappa shape index (κ2) is 15.9. The van der Waals surface area contributed by atoms with Gasteiger partial charge in [-0.2, -0.15) is 0 Å². The minimum Gasteiger partial charge on any atom is -0.496 e. The SMILES string of the molecule is COc1cc(-c2cccc(-c3cccc(-c4ccc(CNC[C@@H]5CCC(=O)N5)c(OC)n4)c3Cl)c2Cl)cc2c1CN(CCC(C)CO)CC2. The van der Waals surface area contributed by atoms with Crippen LogP contribution in [0.3, 0.4) is 0 Å². The van der Waals surface area contributed by atoms with Crippen LogP contribution < -0.4 is 20.1 Å². The van der Waals surface area contributed by atoms with Crippen LogP contribution in [0, 0.1) is 5.92 Å². The zero-order chi connectivity index (χ0) is 34.5. The molecule has 1 aromatic heterocycles. The molecule has 3 aromatic carbocycles. The molecule has 1 amide bonds. The Kier molecular flexibility index (Phi) is 11.4. The fraction of sp³-hybridized carbons (Fsp3) is 0.385. The van der Waals surface area contributed by atoms with Gasteiger partial charge in [0.05, 0.1) is 30.0 Å². The van der Waals surface area contributed by atoms with Crippen LogP contribution in [-0.2, 0) is 24.3 Å². The molecule has 1 saturated heterocycles. The summed E-state index contributed by atoms with van der Waals surface area (Å²) in [7, 11) is 3.33. The Balaban J connectivity index is 1.25. The van der Waals surface area contributed by atoms with Crippen LogP contribution in [-0.4, -0.2) is 67.4 Å². The first-order chi connectivity index (χ1) is 23.8. The summed E-state index contributed by atoms with van der Waals surface area (Å²) in [6.45, 7) is 6.29. The minimum atomic E-state index is 0.106. The highest BCUT2D eigenvalue weighted by molar-refractivity contribution is 6.39. The Labute approximate surface area is 298 Å². The van der Waals surface area contributed by atoms with E-state index in [2.05, 4.69) is 34.6 Å². The number of nitrogens with zero attached hydrogens (tertiary/aromatic N) is 2. The van der Waals surface area contributed by atoms with E-state index < -0.39 is 0 Å². The lowest BCUT2D eigenvalue weighted by Gasteiger charge is -2.31. The molecule has 8 nitrogen and oxygen atoms in total. The molecule has 2 aliphatic heterocycles. The fourth-order valence-corrected chi connectivity index (χ4v) is 7.41. The van der Waals surface area contributed by atoms with Crippen molar-refractivity contribution in [1.82, 2.24) is 20.5 Å². The molecule has 1 unspecified atom stereocenters. The molecule has 3 N–H and O–H groups in total. The highest BCUT2D eigenvalue weighted by Crippen LogP contribution is 2.44. The number of aliphatic hydroxyl groups is 1. The lowest BCUT2D eigenvalue weighted by molar-refractivity contribution is -0.119.